The van der Waals surface area contributed by atoms with E-state index < -0.39 is 0 Å². The molecule has 1 atom stereocenters. The first kappa shape index (κ1) is 12.1. The van der Waals surface area contributed by atoms with E-state index in [1.54, 1.807) is 6.07 Å². The molecule has 1 saturated carbocycles. The van der Waals surface area contributed by atoms with Crippen molar-refractivity contribution in [3.05, 3.63) is 35.4 Å². The van der Waals surface area contributed by atoms with Crippen LogP contribution in [0.15, 0.2) is 24.3 Å². The van der Waals surface area contributed by atoms with Crippen LogP contribution in [0.4, 0.5) is 0 Å². The summed E-state index contributed by atoms with van der Waals surface area (Å²) in [7, 11) is 0. The van der Waals surface area contributed by atoms with Crippen LogP contribution >= 0.6 is 0 Å². The van der Waals surface area contributed by atoms with Gasteiger partial charge in [-0.05, 0) is 42.9 Å². The molecule has 92 valence electrons. The van der Waals surface area contributed by atoms with Crippen LogP contribution in [0.25, 0.3) is 0 Å². The Kier molecular flexibility index (Phi) is 3.20. The molecule has 1 aliphatic carbocycles. The lowest BCUT2D eigenvalue weighted by Crippen LogP contribution is -2.32. The van der Waals surface area contributed by atoms with Crippen molar-refractivity contribution in [2.75, 3.05) is 0 Å². The van der Waals surface area contributed by atoms with E-state index in [0.717, 1.165) is 12.1 Å². The third kappa shape index (κ3) is 2.86. The minimum atomic E-state index is -0.367. The number of amides is 1. The van der Waals surface area contributed by atoms with Crippen LogP contribution in [0.3, 0.4) is 0 Å². The summed E-state index contributed by atoms with van der Waals surface area (Å²) in [5.41, 5.74) is 7.42. The molecule has 1 fully saturated rings. The molecule has 3 nitrogen and oxygen atoms in total. The number of hydrogen-bond donors (Lipinski definition) is 2. The average Bonchev–Trinajstić information content (AvgIpc) is 3.06. The first-order chi connectivity index (χ1) is 8.01. The van der Waals surface area contributed by atoms with Crippen molar-refractivity contribution in [3.8, 4) is 0 Å². The Morgan fingerprint density at radius 2 is 2.24 bits per heavy atom. The summed E-state index contributed by atoms with van der Waals surface area (Å²) in [6.45, 7) is 5.33. The molecule has 1 aromatic carbocycles. The SMILES string of the molecule is CC(NCc1cccc(C(N)=O)c1)C1(C)CC1. The minimum Gasteiger partial charge on any atom is -0.366 e. The van der Waals surface area contributed by atoms with Gasteiger partial charge in [0.15, 0.2) is 0 Å². The molecule has 0 spiro atoms. The number of nitrogens with one attached hydrogen (secondary N) is 1. The number of carbonyl (C=O) groups is 1. The highest BCUT2D eigenvalue weighted by Gasteiger charge is 2.42. The minimum absolute atomic E-state index is 0.367. The van der Waals surface area contributed by atoms with Gasteiger partial charge in [-0.15, -0.1) is 0 Å². The molecule has 3 N–H and O–H groups in total. The summed E-state index contributed by atoms with van der Waals surface area (Å²) in [5.74, 6) is -0.367. The molecule has 2 rings (SSSR count). The topological polar surface area (TPSA) is 55.1 Å². The fraction of sp³-hybridized carbons (Fsp3) is 0.500. The first-order valence-electron chi connectivity index (χ1n) is 6.13. The van der Waals surface area contributed by atoms with Crippen molar-refractivity contribution in [2.24, 2.45) is 11.1 Å². The van der Waals surface area contributed by atoms with Crippen LogP contribution in [0, 0.1) is 5.41 Å². The van der Waals surface area contributed by atoms with Gasteiger partial charge in [-0.2, -0.15) is 0 Å². The Hall–Kier alpha value is -1.35. The van der Waals surface area contributed by atoms with E-state index >= 15 is 0 Å². The highest BCUT2D eigenvalue weighted by molar-refractivity contribution is 5.92. The van der Waals surface area contributed by atoms with E-state index in [0.29, 0.717) is 17.0 Å². The summed E-state index contributed by atoms with van der Waals surface area (Å²) >= 11 is 0. The number of nitrogens with two attached hydrogens (primary N) is 1. The van der Waals surface area contributed by atoms with E-state index in [-0.39, 0.29) is 5.91 Å². The zero-order valence-corrected chi connectivity index (χ0v) is 10.5. The maximum absolute atomic E-state index is 11.1. The van der Waals surface area contributed by atoms with Gasteiger partial charge in [0.05, 0.1) is 0 Å². The van der Waals surface area contributed by atoms with Crippen molar-refractivity contribution in [1.29, 1.82) is 0 Å². The fourth-order valence-corrected chi connectivity index (χ4v) is 1.98. The number of rotatable bonds is 5. The van der Waals surface area contributed by atoms with Crippen LogP contribution in [-0.4, -0.2) is 11.9 Å². The van der Waals surface area contributed by atoms with Crippen LogP contribution in [-0.2, 0) is 6.54 Å². The maximum Gasteiger partial charge on any atom is 0.248 e. The normalized spacial score (nSPS) is 18.7. The molecule has 0 radical (unpaired) electrons. The van der Waals surface area contributed by atoms with Crippen molar-refractivity contribution in [2.45, 2.75) is 39.3 Å². The van der Waals surface area contributed by atoms with Gasteiger partial charge < -0.3 is 11.1 Å². The molecule has 1 unspecified atom stereocenters. The number of benzene rings is 1. The third-order valence-corrected chi connectivity index (χ3v) is 3.91. The summed E-state index contributed by atoms with van der Waals surface area (Å²) in [6.07, 6.45) is 2.62. The Bertz CT molecular complexity index is 424. The summed E-state index contributed by atoms with van der Waals surface area (Å²) in [6, 6.07) is 8.01. The molecule has 0 aromatic heterocycles. The van der Waals surface area contributed by atoms with Crippen molar-refractivity contribution in [3.63, 3.8) is 0 Å². The molecule has 1 aromatic rings. The lowest BCUT2D eigenvalue weighted by atomic mass is 10.0. The largest absolute Gasteiger partial charge is 0.366 e. The summed E-state index contributed by atoms with van der Waals surface area (Å²) < 4.78 is 0. The van der Waals surface area contributed by atoms with Crippen LogP contribution in [0.1, 0.15) is 42.6 Å². The maximum atomic E-state index is 11.1. The predicted molar refractivity (Wildman–Crippen MR) is 68.6 cm³/mol. The van der Waals surface area contributed by atoms with Gasteiger partial charge in [-0.1, -0.05) is 19.1 Å². The highest BCUT2D eigenvalue weighted by Crippen LogP contribution is 2.47. The number of carbonyl (C=O) groups excluding carboxylic acids is 1. The van der Waals surface area contributed by atoms with Crippen molar-refractivity contribution in [1.82, 2.24) is 5.32 Å². The second-order valence-corrected chi connectivity index (χ2v) is 5.32. The van der Waals surface area contributed by atoms with E-state index in [9.17, 15) is 4.79 Å². The van der Waals surface area contributed by atoms with E-state index in [1.165, 1.54) is 12.8 Å². The molecule has 1 amide bonds. The predicted octanol–water partition coefficient (Wildman–Crippen LogP) is 2.06. The molecule has 0 saturated heterocycles. The van der Waals surface area contributed by atoms with E-state index in [1.807, 2.05) is 18.2 Å². The van der Waals surface area contributed by atoms with Gasteiger partial charge in [-0.25, -0.2) is 0 Å². The monoisotopic (exact) mass is 232 g/mol. The van der Waals surface area contributed by atoms with Gasteiger partial charge >= 0.3 is 0 Å². The molecule has 0 bridgehead atoms. The lowest BCUT2D eigenvalue weighted by molar-refractivity contribution is 0.1000. The molecule has 17 heavy (non-hydrogen) atoms. The average molecular weight is 232 g/mol. The zero-order valence-electron chi connectivity index (χ0n) is 10.5. The van der Waals surface area contributed by atoms with Crippen LogP contribution in [0.2, 0.25) is 0 Å². The Balaban J connectivity index is 1.94. The standard InChI is InChI=1S/C14H20N2O/c1-10(14(2)6-7-14)16-9-11-4-3-5-12(8-11)13(15)17/h3-5,8,10,16H,6-7,9H2,1-2H3,(H2,15,17). The van der Waals surface area contributed by atoms with Crippen molar-refractivity contribution >= 4 is 5.91 Å². The molecular weight excluding hydrogens is 212 g/mol. The van der Waals surface area contributed by atoms with Gasteiger partial charge in [0.25, 0.3) is 0 Å². The smallest absolute Gasteiger partial charge is 0.248 e. The van der Waals surface area contributed by atoms with Gasteiger partial charge in [0.1, 0.15) is 0 Å². The fourth-order valence-electron chi connectivity index (χ4n) is 1.98. The molecule has 3 heteroatoms. The molecule has 0 heterocycles. The molecular formula is C14H20N2O. The molecule has 1 aliphatic rings. The highest BCUT2D eigenvalue weighted by atomic mass is 16.1. The van der Waals surface area contributed by atoms with Crippen LogP contribution < -0.4 is 11.1 Å². The summed E-state index contributed by atoms with van der Waals surface area (Å²) in [4.78, 5) is 11.1. The lowest BCUT2D eigenvalue weighted by Gasteiger charge is -2.20. The van der Waals surface area contributed by atoms with Gasteiger partial charge in [0, 0.05) is 18.2 Å². The first-order valence-corrected chi connectivity index (χ1v) is 6.13. The third-order valence-electron chi connectivity index (χ3n) is 3.91. The van der Waals surface area contributed by atoms with Crippen molar-refractivity contribution < 1.29 is 4.79 Å². The van der Waals surface area contributed by atoms with E-state index in [2.05, 4.69) is 19.2 Å². The Labute approximate surface area is 102 Å². The molecule has 0 aliphatic heterocycles. The Morgan fingerprint density at radius 3 is 2.82 bits per heavy atom. The number of hydrogen-bond acceptors (Lipinski definition) is 2. The quantitative estimate of drug-likeness (QED) is 0.816. The van der Waals surface area contributed by atoms with Gasteiger partial charge in [0.2, 0.25) is 5.91 Å². The number of primary amides is 1. The van der Waals surface area contributed by atoms with E-state index in [4.69, 9.17) is 5.73 Å². The zero-order chi connectivity index (χ0) is 12.5. The second-order valence-electron chi connectivity index (χ2n) is 5.32. The second kappa shape index (κ2) is 4.49. The summed E-state index contributed by atoms with van der Waals surface area (Å²) in [5, 5.41) is 3.52. The Morgan fingerprint density at radius 1 is 1.53 bits per heavy atom. The van der Waals surface area contributed by atoms with Crippen LogP contribution in [0.5, 0.6) is 0 Å². The van der Waals surface area contributed by atoms with Gasteiger partial charge in [-0.3, -0.25) is 4.79 Å².